The third kappa shape index (κ3) is 4.52. The van der Waals surface area contributed by atoms with E-state index in [1.807, 2.05) is 31.2 Å². The molecule has 0 saturated heterocycles. The predicted octanol–water partition coefficient (Wildman–Crippen LogP) is 2.94. The van der Waals surface area contributed by atoms with Gasteiger partial charge in [0.25, 0.3) is 0 Å². The van der Waals surface area contributed by atoms with Crippen LogP contribution in [0.5, 0.6) is 11.5 Å². The highest BCUT2D eigenvalue weighted by Gasteiger charge is 2.19. The number of ether oxygens (including phenoxy) is 2. The molecule has 0 bridgehead atoms. The van der Waals surface area contributed by atoms with Gasteiger partial charge < -0.3 is 14.8 Å². The van der Waals surface area contributed by atoms with Crippen LogP contribution in [0, 0.1) is 5.92 Å². The minimum Gasteiger partial charge on any atom is -0.493 e. The molecule has 1 amide bonds. The number of nitrogens with one attached hydrogen (secondary N) is 1. The van der Waals surface area contributed by atoms with Crippen LogP contribution in [0.3, 0.4) is 0 Å². The number of amides is 1. The lowest BCUT2D eigenvalue weighted by molar-refractivity contribution is -0.125. The zero-order valence-electron chi connectivity index (χ0n) is 12.7. The fourth-order valence-corrected chi connectivity index (χ4v) is 2.39. The number of methoxy groups -OCH3 is 1. The van der Waals surface area contributed by atoms with Crippen LogP contribution < -0.4 is 14.8 Å². The number of rotatable bonds is 6. The molecule has 0 radical (unpaired) electrons. The van der Waals surface area contributed by atoms with Gasteiger partial charge in [0, 0.05) is 5.92 Å². The average Bonchev–Trinajstić information content (AvgIpc) is 2.54. The van der Waals surface area contributed by atoms with Gasteiger partial charge in [0.15, 0.2) is 11.5 Å². The fourth-order valence-electron chi connectivity index (χ4n) is 2.39. The molecule has 0 spiro atoms. The Balaban J connectivity index is 1.80. The Kier molecular flexibility index (Phi) is 5.67. The molecule has 4 nitrogen and oxygen atoms in total. The second kappa shape index (κ2) is 7.72. The van der Waals surface area contributed by atoms with Crippen LogP contribution >= 0.6 is 0 Å². The summed E-state index contributed by atoms with van der Waals surface area (Å²) in [5.74, 6) is 1.62. The van der Waals surface area contributed by atoms with Crippen molar-refractivity contribution in [3.05, 3.63) is 36.4 Å². The van der Waals surface area contributed by atoms with Crippen molar-refractivity contribution in [1.29, 1.82) is 0 Å². The highest BCUT2D eigenvalue weighted by atomic mass is 16.5. The zero-order chi connectivity index (χ0) is 15.1. The topological polar surface area (TPSA) is 47.6 Å². The molecule has 0 saturated carbocycles. The molecular formula is C17H23NO3. The Morgan fingerprint density at radius 3 is 2.76 bits per heavy atom. The number of hydrogen-bond acceptors (Lipinski definition) is 3. The number of carbonyl (C=O) groups excluding carboxylic acids is 1. The smallest absolute Gasteiger partial charge is 0.223 e. The molecule has 21 heavy (non-hydrogen) atoms. The van der Waals surface area contributed by atoms with E-state index in [4.69, 9.17) is 9.47 Å². The first-order valence-electron chi connectivity index (χ1n) is 7.43. The van der Waals surface area contributed by atoms with Crippen LogP contribution in [0.15, 0.2) is 36.4 Å². The van der Waals surface area contributed by atoms with E-state index in [0.29, 0.717) is 18.0 Å². The van der Waals surface area contributed by atoms with E-state index >= 15 is 0 Å². The Hall–Kier alpha value is -1.97. The van der Waals surface area contributed by atoms with Crippen molar-refractivity contribution in [3.63, 3.8) is 0 Å². The molecule has 1 aliphatic rings. The van der Waals surface area contributed by atoms with Gasteiger partial charge in [0.05, 0.1) is 13.7 Å². The predicted molar refractivity (Wildman–Crippen MR) is 82.6 cm³/mol. The first-order chi connectivity index (χ1) is 10.2. The summed E-state index contributed by atoms with van der Waals surface area (Å²) in [5.41, 5.74) is 0. The highest BCUT2D eigenvalue weighted by molar-refractivity contribution is 5.79. The van der Waals surface area contributed by atoms with Gasteiger partial charge in [0.1, 0.15) is 6.10 Å². The first kappa shape index (κ1) is 15.4. The number of benzene rings is 1. The van der Waals surface area contributed by atoms with E-state index in [0.717, 1.165) is 19.3 Å². The lowest BCUT2D eigenvalue weighted by Gasteiger charge is -2.20. The van der Waals surface area contributed by atoms with Gasteiger partial charge in [-0.2, -0.15) is 0 Å². The standard InChI is InChI=1S/C17H23NO3/c1-13(21-16-11-7-6-10-15(16)20-2)12-18-17(19)14-8-4-3-5-9-14/h3-4,6-7,10-11,13-14H,5,8-9,12H2,1-2H3,(H,18,19)/t13-,14-/m1/s1. The molecule has 2 rings (SSSR count). The molecule has 4 heteroatoms. The van der Waals surface area contributed by atoms with E-state index in [2.05, 4.69) is 17.5 Å². The van der Waals surface area contributed by atoms with Crippen molar-refractivity contribution >= 4 is 5.91 Å². The highest BCUT2D eigenvalue weighted by Crippen LogP contribution is 2.26. The molecule has 1 N–H and O–H groups in total. The molecule has 1 aliphatic carbocycles. The van der Waals surface area contributed by atoms with E-state index in [1.54, 1.807) is 7.11 Å². The van der Waals surface area contributed by atoms with Gasteiger partial charge in [-0.1, -0.05) is 24.3 Å². The molecule has 0 aromatic heterocycles. The van der Waals surface area contributed by atoms with Gasteiger partial charge in [-0.25, -0.2) is 0 Å². The molecule has 2 atom stereocenters. The van der Waals surface area contributed by atoms with E-state index < -0.39 is 0 Å². The summed E-state index contributed by atoms with van der Waals surface area (Å²) < 4.78 is 11.1. The second-order valence-corrected chi connectivity index (χ2v) is 5.31. The van der Waals surface area contributed by atoms with E-state index in [1.165, 1.54) is 0 Å². The number of para-hydroxylation sites is 2. The van der Waals surface area contributed by atoms with E-state index in [-0.39, 0.29) is 17.9 Å². The first-order valence-corrected chi connectivity index (χ1v) is 7.43. The van der Waals surface area contributed by atoms with Crippen LogP contribution in [0.2, 0.25) is 0 Å². The van der Waals surface area contributed by atoms with Gasteiger partial charge in [-0.05, 0) is 38.3 Å². The quantitative estimate of drug-likeness (QED) is 0.819. The van der Waals surface area contributed by atoms with Crippen molar-refractivity contribution in [3.8, 4) is 11.5 Å². The molecule has 1 aromatic rings. The SMILES string of the molecule is COc1ccccc1O[C@H](C)CNC(=O)[C@@H]1CC=CCC1. The van der Waals surface area contributed by atoms with Crippen LogP contribution in [0.1, 0.15) is 26.2 Å². The van der Waals surface area contributed by atoms with Crippen molar-refractivity contribution in [1.82, 2.24) is 5.32 Å². The molecule has 0 aliphatic heterocycles. The maximum absolute atomic E-state index is 12.1. The second-order valence-electron chi connectivity index (χ2n) is 5.31. The summed E-state index contributed by atoms with van der Waals surface area (Å²) >= 11 is 0. The van der Waals surface area contributed by atoms with Crippen molar-refractivity contribution in [2.75, 3.05) is 13.7 Å². The summed E-state index contributed by atoms with van der Waals surface area (Å²) in [6.45, 7) is 2.44. The molecule has 1 aromatic carbocycles. The van der Waals surface area contributed by atoms with Crippen LogP contribution in [-0.2, 0) is 4.79 Å². The van der Waals surface area contributed by atoms with Crippen molar-refractivity contribution < 1.29 is 14.3 Å². The van der Waals surface area contributed by atoms with Gasteiger partial charge in [0.2, 0.25) is 5.91 Å². The van der Waals surface area contributed by atoms with Crippen molar-refractivity contribution in [2.24, 2.45) is 5.92 Å². The average molecular weight is 289 g/mol. The summed E-state index contributed by atoms with van der Waals surface area (Å²) in [6, 6.07) is 7.52. The number of allylic oxidation sites excluding steroid dienone is 2. The van der Waals surface area contributed by atoms with Gasteiger partial charge in [-0.3, -0.25) is 4.79 Å². The number of carbonyl (C=O) groups is 1. The van der Waals surface area contributed by atoms with Crippen molar-refractivity contribution in [2.45, 2.75) is 32.3 Å². The molecule has 0 unspecified atom stereocenters. The Morgan fingerprint density at radius 1 is 1.33 bits per heavy atom. The zero-order valence-corrected chi connectivity index (χ0v) is 12.7. The molecule has 0 heterocycles. The maximum Gasteiger partial charge on any atom is 0.223 e. The van der Waals surface area contributed by atoms with Crippen LogP contribution in [-0.4, -0.2) is 25.7 Å². The Bertz CT molecular complexity index is 499. The van der Waals surface area contributed by atoms with Gasteiger partial charge in [-0.15, -0.1) is 0 Å². The van der Waals surface area contributed by atoms with Crippen LogP contribution in [0.25, 0.3) is 0 Å². The third-order valence-electron chi connectivity index (χ3n) is 3.60. The molecule has 0 fully saturated rings. The van der Waals surface area contributed by atoms with Gasteiger partial charge >= 0.3 is 0 Å². The summed E-state index contributed by atoms with van der Waals surface area (Å²) in [6.07, 6.45) is 6.88. The van der Waals surface area contributed by atoms with Crippen LogP contribution in [0.4, 0.5) is 0 Å². The summed E-state index contributed by atoms with van der Waals surface area (Å²) in [7, 11) is 1.62. The molecule has 114 valence electrons. The Labute approximate surface area is 126 Å². The normalized spacial score (nSPS) is 18.9. The molecular weight excluding hydrogens is 266 g/mol. The summed E-state index contributed by atoms with van der Waals surface area (Å²) in [4.78, 5) is 12.1. The largest absolute Gasteiger partial charge is 0.493 e. The summed E-state index contributed by atoms with van der Waals surface area (Å²) in [5, 5.41) is 2.97. The fraction of sp³-hybridized carbons (Fsp3) is 0.471. The lowest BCUT2D eigenvalue weighted by Crippen LogP contribution is -2.37. The minimum atomic E-state index is -0.107. The lowest BCUT2D eigenvalue weighted by atomic mass is 9.94. The third-order valence-corrected chi connectivity index (χ3v) is 3.60. The maximum atomic E-state index is 12.1. The van der Waals surface area contributed by atoms with E-state index in [9.17, 15) is 4.79 Å². The Morgan fingerprint density at radius 2 is 2.10 bits per heavy atom. The number of hydrogen-bond donors (Lipinski definition) is 1. The monoisotopic (exact) mass is 289 g/mol. The minimum absolute atomic E-state index is 0.105.